The van der Waals surface area contributed by atoms with Crippen LogP contribution in [0.5, 0.6) is 0 Å². The number of carbonyl (C=O) groups excluding carboxylic acids is 2. The summed E-state index contributed by atoms with van der Waals surface area (Å²) in [6, 6.07) is -0.236. The maximum absolute atomic E-state index is 12.1. The van der Waals surface area contributed by atoms with Crippen molar-refractivity contribution in [2.24, 2.45) is 5.92 Å². The molecule has 5 nitrogen and oxygen atoms in total. The van der Waals surface area contributed by atoms with Gasteiger partial charge in [0, 0.05) is 25.6 Å². The quantitative estimate of drug-likeness (QED) is 0.654. The third-order valence-corrected chi connectivity index (χ3v) is 4.15. The van der Waals surface area contributed by atoms with Crippen LogP contribution >= 0.6 is 0 Å². The van der Waals surface area contributed by atoms with Crippen molar-refractivity contribution in [1.82, 2.24) is 10.2 Å². The van der Waals surface area contributed by atoms with E-state index in [1.807, 2.05) is 0 Å². The smallest absolute Gasteiger partial charge is 0.242 e. The van der Waals surface area contributed by atoms with Gasteiger partial charge in [-0.05, 0) is 38.5 Å². The van der Waals surface area contributed by atoms with E-state index in [1.54, 1.807) is 4.90 Å². The molecule has 1 saturated carbocycles. The fourth-order valence-corrected chi connectivity index (χ4v) is 2.79. The molecule has 1 unspecified atom stereocenters. The van der Waals surface area contributed by atoms with Crippen LogP contribution in [-0.2, 0) is 9.59 Å². The molecule has 2 N–H and O–H groups in total. The first-order chi connectivity index (χ1) is 9.74. The molecular weight excluding hydrogens is 256 g/mol. The SMILES string of the molecule is O=C(NCCCCCCO)C1CCCN1C(=O)C1CC1. The van der Waals surface area contributed by atoms with Crippen LogP contribution in [-0.4, -0.2) is 47.6 Å². The van der Waals surface area contributed by atoms with Crippen molar-refractivity contribution in [2.45, 2.75) is 57.4 Å². The molecule has 0 bridgehead atoms. The summed E-state index contributed by atoms with van der Waals surface area (Å²) >= 11 is 0. The summed E-state index contributed by atoms with van der Waals surface area (Å²) in [6.45, 7) is 1.66. The van der Waals surface area contributed by atoms with Crippen LogP contribution < -0.4 is 5.32 Å². The van der Waals surface area contributed by atoms with E-state index in [0.717, 1.165) is 57.9 Å². The molecule has 114 valence electrons. The molecule has 2 fully saturated rings. The third-order valence-electron chi connectivity index (χ3n) is 4.15. The normalized spacial score (nSPS) is 22.1. The van der Waals surface area contributed by atoms with Gasteiger partial charge >= 0.3 is 0 Å². The summed E-state index contributed by atoms with van der Waals surface area (Å²) in [5.74, 6) is 0.395. The minimum atomic E-state index is -0.236. The topological polar surface area (TPSA) is 69.6 Å². The van der Waals surface area contributed by atoms with E-state index in [9.17, 15) is 9.59 Å². The zero-order valence-corrected chi connectivity index (χ0v) is 12.1. The molecule has 1 atom stereocenters. The van der Waals surface area contributed by atoms with Crippen LogP contribution in [0.2, 0.25) is 0 Å². The first-order valence-electron chi connectivity index (χ1n) is 7.93. The second-order valence-electron chi connectivity index (χ2n) is 5.89. The van der Waals surface area contributed by atoms with Gasteiger partial charge in [-0.2, -0.15) is 0 Å². The molecule has 2 aliphatic rings. The molecule has 2 rings (SSSR count). The van der Waals surface area contributed by atoms with E-state index in [1.165, 1.54) is 0 Å². The first-order valence-corrected chi connectivity index (χ1v) is 7.93. The van der Waals surface area contributed by atoms with Crippen LogP contribution in [0, 0.1) is 5.92 Å². The number of amides is 2. The molecule has 0 aromatic heterocycles. The zero-order chi connectivity index (χ0) is 14.4. The molecule has 1 aliphatic heterocycles. The Morgan fingerprint density at radius 3 is 2.55 bits per heavy atom. The highest BCUT2D eigenvalue weighted by Crippen LogP contribution is 2.33. The molecule has 5 heteroatoms. The molecule has 1 heterocycles. The Kier molecular flexibility index (Phi) is 5.83. The van der Waals surface area contributed by atoms with E-state index in [-0.39, 0.29) is 30.4 Å². The minimum Gasteiger partial charge on any atom is -0.396 e. The molecule has 0 aromatic rings. The van der Waals surface area contributed by atoms with Gasteiger partial charge in [0.15, 0.2) is 0 Å². The number of unbranched alkanes of at least 4 members (excludes halogenated alkanes) is 3. The van der Waals surface area contributed by atoms with Crippen LogP contribution in [0.3, 0.4) is 0 Å². The van der Waals surface area contributed by atoms with Gasteiger partial charge in [0.2, 0.25) is 11.8 Å². The monoisotopic (exact) mass is 282 g/mol. The lowest BCUT2D eigenvalue weighted by molar-refractivity contribution is -0.139. The molecule has 0 spiro atoms. The number of aliphatic hydroxyl groups is 1. The van der Waals surface area contributed by atoms with Crippen molar-refractivity contribution in [2.75, 3.05) is 19.7 Å². The lowest BCUT2D eigenvalue weighted by atomic mass is 10.1. The standard InChI is InChI=1S/C15H26N2O3/c18-11-4-2-1-3-9-16-14(19)13-6-5-10-17(13)15(20)12-7-8-12/h12-13,18H,1-11H2,(H,16,19). The van der Waals surface area contributed by atoms with Crippen molar-refractivity contribution in [3.05, 3.63) is 0 Å². The van der Waals surface area contributed by atoms with E-state index in [2.05, 4.69) is 5.32 Å². The Morgan fingerprint density at radius 2 is 1.85 bits per heavy atom. The maximum Gasteiger partial charge on any atom is 0.242 e. The van der Waals surface area contributed by atoms with Gasteiger partial charge < -0.3 is 15.3 Å². The summed E-state index contributed by atoms with van der Waals surface area (Å²) < 4.78 is 0. The van der Waals surface area contributed by atoms with Gasteiger partial charge in [0.05, 0.1) is 0 Å². The van der Waals surface area contributed by atoms with Gasteiger partial charge in [-0.25, -0.2) is 0 Å². The number of aliphatic hydroxyl groups excluding tert-OH is 1. The number of carbonyl (C=O) groups is 2. The summed E-state index contributed by atoms with van der Waals surface area (Å²) in [5.41, 5.74) is 0. The predicted octanol–water partition coefficient (Wildman–Crippen LogP) is 1.06. The Balaban J connectivity index is 1.67. The highest BCUT2D eigenvalue weighted by molar-refractivity contribution is 5.89. The van der Waals surface area contributed by atoms with Gasteiger partial charge in [0.1, 0.15) is 6.04 Å². The van der Waals surface area contributed by atoms with E-state index in [0.29, 0.717) is 6.54 Å². The number of hydrogen-bond acceptors (Lipinski definition) is 3. The fourth-order valence-electron chi connectivity index (χ4n) is 2.79. The average Bonchev–Trinajstić information content (AvgIpc) is 3.18. The van der Waals surface area contributed by atoms with E-state index >= 15 is 0 Å². The minimum absolute atomic E-state index is 0.0126. The van der Waals surface area contributed by atoms with Crippen molar-refractivity contribution < 1.29 is 14.7 Å². The van der Waals surface area contributed by atoms with Crippen LogP contribution in [0.25, 0.3) is 0 Å². The highest BCUT2D eigenvalue weighted by Gasteiger charge is 2.40. The Bertz CT molecular complexity index is 342. The maximum atomic E-state index is 12.1. The van der Waals surface area contributed by atoms with Gasteiger partial charge in [-0.15, -0.1) is 0 Å². The molecule has 0 aromatic carbocycles. The van der Waals surface area contributed by atoms with Crippen LogP contribution in [0.1, 0.15) is 51.4 Å². The highest BCUT2D eigenvalue weighted by atomic mass is 16.3. The second kappa shape index (κ2) is 7.62. The van der Waals surface area contributed by atoms with Crippen molar-refractivity contribution in [1.29, 1.82) is 0 Å². The van der Waals surface area contributed by atoms with Crippen molar-refractivity contribution in [3.63, 3.8) is 0 Å². The second-order valence-corrected chi connectivity index (χ2v) is 5.89. The first kappa shape index (κ1) is 15.3. The summed E-state index contributed by atoms with van der Waals surface area (Å²) in [4.78, 5) is 26.0. The number of nitrogens with one attached hydrogen (secondary N) is 1. The fraction of sp³-hybridized carbons (Fsp3) is 0.867. The summed E-state index contributed by atoms with van der Waals surface area (Å²) in [7, 11) is 0. The van der Waals surface area contributed by atoms with Gasteiger partial charge in [-0.3, -0.25) is 9.59 Å². The number of rotatable bonds is 8. The summed E-state index contributed by atoms with van der Waals surface area (Å²) in [6.07, 6.45) is 7.53. The van der Waals surface area contributed by atoms with Crippen LogP contribution in [0.15, 0.2) is 0 Å². The molecule has 1 aliphatic carbocycles. The lowest BCUT2D eigenvalue weighted by Gasteiger charge is -2.24. The number of likely N-dealkylation sites (tertiary alicyclic amines) is 1. The van der Waals surface area contributed by atoms with Crippen molar-refractivity contribution >= 4 is 11.8 Å². The number of hydrogen-bond donors (Lipinski definition) is 2. The predicted molar refractivity (Wildman–Crippen MR) is 76.0 cm³/mol. The number of nitrogens with zero attached hydrogens (tertiary/aromatic N) is 1. The van der Waals surface area contributed by atoms with Gasteiger partial charge in [-0.1, -0.05) is 12.8 Å². The molecular formula is C15H26N2O3. The summed E-state index contributed by atoms with van der Waals surface area (Å²) in [5, 5.41) is 11.6. The Morgan fingerprint density at radius 1 is 1.10 bits per heavy atom. The van der Waals surface area contributed by atoms with Crippen LogP contribution in [0.4, 0.5) is 0 Å². The molecule has 0 radical (unpaired) electrons. The van der Waals surface area contributed by atoms with E-state index < -0.39 is 0 Å². The zero-order valence-electron chi connectivity index (χ0n) is 12.1. The largest absolute Gasteiger partial charge is 0.396 e. The lowest BCUT2D eigenvalue weighted by Crippen LogP contribution is -2.46. The third kappa shape index (κ3) is 4.20. The van der Waals surface area contributed by atoms with E-state index in [4.69, 9.17) is 5.11 Å². The molecule has 1 saturated heterocycles. The molecule has 2 amide bonds. The average molecular weight is 282 g/mol. The van der Waals surface area contributed by atoms with Gasteiger partial charge in [0.25, 0.3) is 0 Å². The molecule has 20 heavy (non-hydrogen) atoms. The Hall–Kier alpha value is -1.10. The Labute approximate surface area is 120 Å². The van der Waals surface area contributed by atoms with Crippen molar-refractivity contribution in [3.8, 4) is 0 Å².